The highest BCUT2D eigenvalue weighted by Gasteiger charge is 2.28. The van der Waals surface area contributed by atoms with Gasteiger partial charge in [-0.25, -0.2) is 4.68 Å². The van der Waals surface area contributed by atoms with Crippen molar-refractivity contribution in [3.63, 3.8) is 0 Å². The van der Waals surface area contributed by atoms with Gasteiger partial charge in [-0.1, -0.05) is 46.2 Å². The molecule has 0 radical (unpaired) electrons. The third kappa shape index (κ3) is 3.44. The first kappa shape index (κ1) is 18.8. The number of nitrogens with zero attached hydrogens (tertiary/aromatic N) is 5. The molecule has 0 saturated carbocycles. The summed E-state index contributed by atoms with van der Waals surface area (Å²) in [5.74, 6) is 1.43. The minimum absolute atomic E-state index is 0.124. The van der Waals surface area contributed by atoms with Crippen LogP contribution in [0, 0.1) is 0 Å². The maximum Gasteiger partial charge on any atom is 0.280 e. The fourth-order valence-corrected chi connectivity index (χ4v) is 3.54. The summed E-state index contributed by atoms with van der Waals surface area (Å²) >= 11 is 5.98. The van der Waals surface area contributed by atoms with Gasteiger partial charge < -0.3 is 14.0 Å². The Kier molecular flexibility index (Phi) is 4.94. The second-order valence-corrected chi connectivity index (χ2v) is 7.21. The van der Waals surface area contributed by atoms with E-state index in [1.54, 1.807) is 0 Å². The molecule has 1 aliphatic heterocycles. The van der Waals surface area contributed by atoms with Crippen molar-refractivity contribution in [1.29, 1.82) is 0 Å². The summed E-state index contributed by atoms with van der Waals surface area (Å²) in [5, 5.41) is 13.3. The Morgan fingerprint density at radius 1 is 1.17 bits per heavy atom. The smallest absolute Gasteiger partial charge is 0.280 e. The molecule has 0 saturated heterocycles. The fourth-order valence-electron chi connectivity index (χ4n) is 3.42. The molecule has 0 fully saturated rings. The van der Waals surface area contributed by atoms with Crippen LogP contribution >= 0.6 is 11.6 Å². The number of rotatable bonds is 5. The highest BCUT2D eigenvalue weighted by Crippen LogP contribution is 2.33. The van der Waals surface area contributed by atoms with E-state index in [-0.39, 0.29) is 6.10 Å². The van der Waals surface area contributed by atoms with Crippen molar-refractivity contribution in [2.45, 2.75) is 26.2 Å². The lowest BCUT2D eigenvalue weighted by Crippen LogP contribution is -2.22. The number of aromatic nitrogens is 5. The van der Waals surface area contributed by atoms with Crippen molar-refractivity contribution in [3.05, 3.63) is 64.8 Å². The van der Waals surface area contributed by atoms with Gasteiger partial charge >= 0.3 is 0 Å². The number of halogens is 1. The predicted molar refractivity (Wildman–Crippen MR) is 109 cm³/mol. The molecule has 4 aromatic rings. The highest BCUT2D eigenvalue weighted by atomic mass is 35.5. The second-order valence-electron chi connectivity index (χ2n) is 6.77. The van der Waals surface area contributed by atoms with E-state index in [0.29, 0.717) is 47.9 Å². The fraction of sp³-hybridized carbons (Fsp3) is 0.238. The minimum atomic E-state index is -0.124. The van der Waals surface area contributed by atoms with Crippen LogP contribution in [0.5, 0.6) is 5.75 Å². The van der Waals surface area contributed by atoms with E-state index in [4.69, 9.17) is 25.6 Å². The molecule has 0 amide bonds. The zero-order valence-electron chi connectivity index (χ0n) is 16.2. The van der Waals surface area contributed by atoms with Gasteiger partial charge in [0.1, 0.15) is 11.9 Å². The van der Waals surface area contributed by atoms with Crippen molar-refractivity contribution < 1.29 is 14.0 Å². The minimum Gasteiger partial charge on any atom is -0.493 e. The molecule has 30 heavy (non-hydrogen) atoms. The summed E-state index contributed by atoms with van der Waals surface area (Å²) in [4.78, 5) is 4.52. The molecule has 1 unspecified atom stereocenters. The molecule has 8 nitrogen and oxygen atoms in total. The lowest BCUT2D eigenvalue weighted by molar-refractivity contribution is -0.00117. The Balaban J connectivity index is 1.41. The molecule has 9 heteroatoms. The summed E-state index contributed by atoms with van der Waals surface area (Å²) in [7, 11) is 0. The van der Waals surface area contributed by atoms with Crippen LogP contribution in [0.25, 0.3) is 23.0 Å². The third-order valence-corrected chi connectivity index (χ3v) is 5.15. The normalized spacial score (nSPS) is 15.7. The molecular formula is C21H18ClN5O3. The van der Waals surface area contributed by atoms with E-state index < -0.39 is 0 Å². The maximum absolute atomic E-state index is 6.04. The molecule has 0 aliphatic carbocycles. The summed E-state index contributed by atoms with van der Waals surface area (Å²) in [6.07, 6.45) is -0.124. The Morgan fingerprint density at radius 3 is 2.83 bits per heavy atom. The van der Waals surface area contributed by atoms with E-state index in [2.05, 4.69) is 20.5 Å². The van der Waals surface area contributed by atoms with Gasteiger partial charge in [0, 0.05) is 5.02 Å². The van der Waals surface area contributed by atoms with Crippen LogP contribution in [0.3, 0.4) is 0 Å². The van der Waals surface area contributed by atoms with Crippen LogP contribution in [0.2, 0.25) is 5.02 Å². The number of fused-ring (bicyclic) bond motifs is 1. The predicted octanol–water partition coefficient (Wildman–Crippen LogP) is 4.32. The first-order valence-electron chi connectivity index (χ1n) is 9.58. The molecule has 2 aromatic carbocycles. The topological polar surface area (TPSA) is 88.1 Å². The molecule has 1 aliphatic rings. The number of para-hydroxylation sites is 1. The Labute approximate surface area is 177 Å². The van der Waals surface area contributed by atoms with Gasteiger partial charge in [0.15, 0.2) is 5.69 Å². The van der Waals surface area contributed by atoms with Gasteiger partial charge in [0.2, 0.25) is 5.82 Å². The monoisotopic (exact) mass is 423 g/mol. The third-order valence-electron chi connectivity index (χ3n) is 4.90. The van der Waals surface area contributed by atoms with Gasteiger partial charge in [0.05, 0.1) is 31.0 Å². The average Bonchev–Trinajstić information content (AvgIpc) is 3.41. The first-order valence-corrected chi connectivity index (χ1v) is 9.96. The highest BCUT2D eigenvalue weighted by molar-refractivity contribution is 6.30. The van der Waals surface area contributed by atoms with Gasteiger partial charge in [-0.2, -0.15) is 4.98 Å². The van der Waals surface area contributed by atoms with E-state index in [1.165, 1.54) is 0 Å². The van der Waals surface area contributed by atoms with Gasteiger partial charge in [-0.05, 0) is 36.8 Å². The summed E-state index contributed by atoms with van der Waals surface area (Å²) in [6.45, 7) is 3.35. The zero-order valence-corrected chi connectivity index (χ0v) is 16.9. The lowest BCUT2D eigenvalue weighted by Gasteiger charge is -2.24. The van der Waals surface area contributed by atoms with Crippen LogP contribution in [0.4, 0.5) is 0 Å². The molecule has 5 rings (SSSR count). The SMILES string of the molecule is CCOc1ccccc1-c1noc(-c2nnn3c2COC(c2ccc(Cl)cc2)C3)n1. The molecule has 3 heterocycles. The molecule has 152 valence electrons. The Morgan fingerprint density at radius 2 is 2.00 bits per heavy atom. The van der Waals surface area contributed by atoms with E-state index >= 15 is 0 Å². The zero-order chi connectivity index (χ0) is 20.5. The van der Waals surface area contributed by atoms with Gasteiger partial charge in [-0.3, -0.25) is 0 Å². The Hall–Kier alpha value is -3.23. The quantitative estimate of drug-likeness (QED) is 0.472. The molecule has 2 aromatic heterocycles. The van der Waals surface area contributed by atoms with Crippen LogP contribution in [0.15, 0.2) is 53.1 Å². The number of benzene rings is 2. The second kappa shape index (κ2) is 7.89. The summed E-state index contributed by atoms with van der Waals surface area (Å²) < 4.78 is 19.0. The molecule has 0 N–H and O–H groups in total. The van der Waals surface area contributed by atoms with E-state index in [1.807, 2.05) is 60.1 Å². The van der Waals surface area contributed by atoms with Crippen molar-refractivity contribution in [2.24, 2.45) is 0 Å². The van der Waals surface area contributed by atoms with Crippen molar-refractivity contribution in [3.8, 4) is 28.7 Å². The molecule has 1 atom stereocenters. The maximum atomic E-state index is 6.04. The van der Waals surface area contributed by atoms with Crippen molar-refractivity contribution in [1.82, 2.24) is 25.1 Å². The molecule has 0 spiro atoms. The molecular weight excluding hydrogens is 406 g/mol. The standard InChI is InChI=1S/C21H18ClN5O3/c1-2-28-17-6-4-3-5-15(17)20-23-21(30-25-20)19-16-12-29-18(11-27(16)26-24-19)13-7-9-14(22)10-8-13/h3-10,18H,2,11-12H2,1H3. The summed E-state index contributed by atoms with van der Waals surface area (Å²) in [5.41, 5.74) is 3.12. The molecule has 0 bridgehead atoms. The van der Waals surface area contributed by atoms with Crippen LogP contribution in [0.1, 0.15) is 24.3 Å². The Bertz CT molecular complexity index is 1170. The van der Waals surface area contributed by atoms with E-state index in [0.717, 1.165) is 16.8 Å². The van der Waals surface area contributed by atoms with Crippen LogP contribution in [-0.4, -0.2) is 31.7 Å². The van der Waals surface area contributed by atoms with Gasteiger partial charge in [0.25, 0.3) is 5.89 Å². The van der Waals surface area contributed by atoms with Crippen molar-refractivity contribution >= 4 is 11.6 Å². The van der Waals surface area contributed by atoms with E-state index in [9.17, 15) is 0 Å². The number of hydrogen-bond acceptors (Lipinski definition) is 7. The van der Waals surface area contributed by atoms with Crippen molar-refractivity contribution in [2.75, 3.05) is 6.61 Å². The first-order chi connectivity index (χ1) is 14.7. The number of ether oxygens (including phenoxy) is 2. The van der Waals surface area contributed by atoms with Crippen LogP contribution in [-0.2, 0) is 17.9 Å². The lowest BCUT2D eigenvalue weighted by atomic mass is 10.1. The largest absolute Gasteiger partial charge is 0.493 e. The number of hydrogen-bond donors (Lipinski definition) is 0. The average molecular weight is 424 g/mol. The van der Waals surface area contributed by atoms with Crippen LogP contribution < -0.4 is 4.74 Å². The summed E-state index contributed by atoms with van der Waals surface area (Å²) in [6, 6.07) is 15.2. The van der Waals surface area contributed by atoms with Gasteiger partial charge in [-0.15, -0.1) is 5.10 Å².